The Morgan fingerprint density at radius 2 is 2.06 bits per heavy atom. The van der Waals surface area contributed by atoms with Gasteiger partial charge in [-0.05, 0) is 37.3 Å². The Balaban J connectivity index is 0.00000144. The van der Waals surface area contributed by atoms with Crippen LogP contribution in [0.5, 0.6) is 0 Å². The van der Waals surface area contributed by atoms with Gasteiger partial charge in [0.2, 0.25) is 0 Å². The zero-order valence-electron chi connectivity index (χ0n) is 9.85. The highest BCUT2D eigenvalue weighted by molar-refractivity contribution is 5.93. The summed E-state index contributed by atoms with van der Waals surface area (Å²) in [6, 6.07) is 7.63. The van der Waals surface area contributed by atoms with Crippen molar-refractivity contribution in [1.82, 2.24) is 0 Å². The third-order valence-electron chi connectivity index (χ3n) is 3.42. The number of hydrogen-bond acceptors (Lipinski definition) is 3. The van der Waals surface area contributed by atoms with Crippen LogP contribution < -0.4 is 5.73 Å². The van der Waals surface area contributed by atoms with Crippen molar-refractivity contribution in [2.24, 2.45) is 5.73 Å². The first-order valence-corrected chi connectivity index (χ1v) is 5.63. The molecule has 0 aliphatic heterocycles. The molecule has 2 atom stereocenters. The third-order valence-corrected chi connectivity index (χ3v) is 3.42. The molecule has 1 aliphatic carbocycles. The van der Waals surface area contributed by atoms with E-state index in [4.69, 9.17) is 5.73 Å². The fourth-order valence-electron chi connectivity index (χ4n) is 2.47. The highest BCUT2D eigenvalue weighted by Crippen LogP contribution is 2.33. The second-order valence-corrected chi connectivity index (χ2v) is 4.56. The van der Waals surface area contributed by atoms with Gasteiger partial charge in [0.1, 0.15) is 11.6 Å². The Morgan fingerprint density at radius 3 is 2.71 bits per heavy atom. The molecule has 2 unspecified atom stereocenters. The predicted molar refractivity (Wildman–Crippen MR) is 69.2 cm³/mol. The Labute approximate surface area is 107 Å². The van der Waals surface area contributed by atoms with E-state index in [1.165, 1.54) is 0 Å². The fraction of sp³-hybridized carbons (Fsp3) is 0.462. The van der Waals surface area contributed by atoms with Crippen LogP contribution in [0.25, 0.3) is 0 Å². The van der Waals surface area contributed by atoms with Crippen molar-refractivity contribution in [2.45, 2.75) is 37.8 Å². The fourth-order valence-corrected chi connectivity index (χ4v) is 2.47. The molecule has 2 rings (SSSR count). The summed E-state index contributed by atoms with van der Waals surface area (Å²) in [5, 5.41) is 9.64. The van der Waals surface area contributed by atoms with Crippen molar-refractivity contribution >= 4 is 18.2 Å². The van der Waals surface area contributed by atoms with Gasteiger partial charge in [-0.1, -0.05) is 24.3 Å². The number of rotatable bonds is 1. The van der Waals surface area contributed by atoms with Crippen LogP contribution in [0.1, 0.15) is 30.4 Å². The Hall–Kier alpha value is -0.900. The number of hydrogen-bond donors (Lipinski definition) is 2. The van der Waals surface area contributed by atoms with Crippen LogP contribution in [-0.4, -0.2) is 17.0 Å². The van der Waals surface area contributed by atoms with E-state index in [9.17, 15) is 9.90 Å². The standard InChI is InChI=1S/C13H17NO2.ClH/c1-9-5-2-3-6-10(9)13(14)8-4-7-11(15)12(13)16;/h2-3,5-6,11,15H,4,7-8,14H2,1H3;1H. The predicted octanol–water partition coefficient (Wildman–Crippen LogP) is 1.68. The molecule has 3 N–H and O–H groups in total. The van der Waals surface area contributed by atoms with E-state index in [0.717, 1.165) is 17.5 Å². The largest absolute Gasteiger partial charge is 0.385 e. The molecular weight excluding hydrogens is 238 g/mol. The van der Waals surface area contributed by atoms with Gasteiger partial charge in [0.15, 0.2) is 5.78 Å². The van der Waals surface area contributed by atoms with Crippen molar-refractivity contribution in [3.8, 4) is 0 Å². The van der Waals surface area contributed by atoms with Gasteiger partial charge < -0.3 is 10.8 Å². The number of nitrogens with two attached hydrogens (primary N) is 1. The number of aliphatic hydroxyl groups is 1. The second-order valence-electron chi connectivity index (χ2n) is 4.56. The normalized spacial score (nSPS) is 28.6. The first-order valence-electron chi connectivity index (χ1n) is 5.63. The van der Waals surface area contributed by atoms with E-state index in [1.54, 1.807) is 0 Å². The molecule has 0 aromatic heterocycles. The summed E-state index contributed by atoms with van der Waals surface area (Å²) in [5.74, 6) is -0.243. The van der Waals surface area contributed by atoms with Crippen molar-refractivity contribution in [3.63, 3.8) is 0 Å². The lowest BCUT2D eigenvalue weighted by Gasteiger charge is -2.35. The number of carbonyl (C=O) groups is 1. The van der Waals surface area contributed by atoms with Gasteiger partial charge in [-0.25, -0.2) is 0 Å². The van der Waals surface area contributed by atoms with Gasteiger partial charge in [0.05, 0.1) is 0 Å². The number of Topliss-reactive ketones (excluding diaryl/α,β-unsaturated/α-hetero) is 1. The van der Waals surface area contributed by atoms with Gasteiger partial charge >= 0.3 is 0 Å². The average molecular weight is 256 g/mol. The summed E-state index contributed by atoms with van der Waals surface area (Å²) in [6.45, 7) is 1.94. The molecule has 1 aromatic rings. The van der Waals surface area contributed by atoms with Gasteiger partial charge in [0, 0.05) is 0 Å². The van der Waals surface area contributed by atoms with Crippen LogP contribution >= 0.6 is 12.4 Å². The Bertz CT molecular complexity index is 422. The maximum Gasteiger partial charge on any atom is 0.185 e. The lowest BCUT2D eigenvalue weighted by Crippen LogP contribution is -2.53. The maximum atomic E-state index is 12.0. The number of aryl methyl sites for hydroxylation is 1. The molecule has 17 heavy (non-hydrogen) atoms. The van der Waals surface area contributed by atoms with Crippen molar-refractivity contribution in [3.05, 3.63) is 35.4 Å². The summed E-state index contributed by atoms with van der Waals surface area (Å²) in [5.41, 5.74) is 7.06. The van der Waals surface area contributed by atoms with Crippen molar-refractivity contribution < 1.29 is 9.90 Å². The molecule has 94 valence electrons. The van der Waals surface area contributed by atoms with E-state index >= 15 is 0 Å². The highest BCUT2D eigenvalue weighted by atomic mass is 35.5. The maximum absolute atomic E-state index is 12.0. The zero-order chi connectivity index (χ0) is 11.8. The lowest BCUT2D eigenvalue weighted by atomic mass is 9.74. The third kappa shape index (κ3) is 2.37. The quantitative estimate of drug-likeness (QED) is 0.803. The van der Waals surface area contributed by atoms with Gasteiger partial charge in [-0.15, -0.1) is 12.4 Å². The molecule has 4 heteroatoms. The van der Waals surface area contributed by atoms with Crippen LogP contribution in [0.4, 0.5) is 0 Å². The molecule has 0 bridgehead atoms. The van der Waals surface area contributed by atoms with Gasteiger partial charge in [-0.3, -0.25) is 4.79 Å². The van der Waals surface area contributed by atoms with Crippen LogP contribution in [-0.2, 0) is 10.3 Å². The Morgan fingerprint density at radius 1 is 1.41 bits per heavy atom. The molecule has 0 radical (unpaired) electrons. The van der Waals surface area contributed by atoms with Crippen LogP contribution in [0, 0.1) is 6.92 Å². The second kappa shape index (κ2) is 5.17. The summed E-state index contributed by atoms with van der Waals surface area (Å²) in [6.07, 6.45) is 1.04. The van der Waals surface area contributed by atoms with Crippen LogP contribution in [0.3, 0.4) is 0 Å². The minimum atomic E-state index is -0.997. The summed E-state index contributed by atoms with van der Waals surface area (Å²) >= 11 is 0. The van der Waals surface area contributed by atoms with E-state index in [0.29, 0.717) is 12.8 Å². The molecule has 3 nitrogen and oxygen atoms in total. The molecule has 1 aromatic carbocycles. The molecule has 1 saturated carbocycles. The topological polar surface area (TPSA) is 63.3 Å². The number of aliphatic hydroxyl groups excluding tert-OH is 1. The zero-order valence-corrected chi connectivity index (χ0v) is 10.7. The van der Waals surface area contributed by atoms with Crippen molar-refractivity contribution in [2.75, 3.05) is 0 Å². The van der Waals surface area contributed by atoms with E-state index in [1.807, 2.05) is 31.2 Å². The molecule has 0 spiro atoms. The van der Waals surface area contributed by atoms with E-state index < -0.39 is 11.6 Å². The summed E-state index contributed by atoms with van der Waals surface area (Å²) in [4.78, 5) is 12.0. The summed E-state index contributed by atoms with van der Waals surface area (Å²) < 4.78 is 0. The number of benzene rings is 1. The number of carbonyl (C=O) groups excluding carboxylic acids is 1. The monoisotopic (exact) mass is 255 g/mol. The van der Waals surface area contributed by atoms with E-state index in [2.05, 4.69) is 0 Å². The molecule has 0 heterocycles. The average Bonchev–Trinajstić information content (AvgIpc) is 2.26. The number of halogens is 1. The number of ketones is 1. The molecule has 1 aliphatic rings. The highest BCUT2D eigenvalue weighted by Gasteiger charge is 2.42. The summed E-state index contributed by atoms with van der Waals surface area (Å²) in [7, 11) is 0. The van der Waals surface area contributed by atoms with Crippen molar-refractivity contribution in [1.29, 1.82) is 0 Å². The molecular formula is C13H18ClNO2. The van der Waals surface area contributed by atoms with Crippen LogP contribution in [0.2, 0.25) is 0 Å². The Kier molecular flexibility index (Phi) is 4.31. The SMILES string of the molecule is Cc1ccccc1C1(N)CCCC(O)C1=O.Cl. The molecule has 0 amide bonds. The first-order chi connectivity index (χ1) is 7.55. The van der Waals surface area contributed by atoms with Gasteiger partial charge in [-0.2, -0.15) is 0 Å². The first kappa shape index (κ1) is 14.2. The molecule has 1 fully saturated rings. The minimum absolute atomic E-state index is 0. The van der Waals surface area contributed by atoms with E-state index in [-0.39, 0.29) is 18.2 Å². The smallest absolute Gasteiger partial charge is 0.185 e. The van der Waals surface area contributed by atoms with Crippen LogP contribution in [0.15, 0.2) is 24.3 Å². The molecule has 0 saturated heterocycles. The lowest BCUT2D eigenvalue weighted by molar-refractivity contribution is -0.136. The minimum Gasteiger partial charge on any atom is -0.385 e. The van der Waals surface area contributed by atoms with Gasteiger partial charge in [0.25, 0.3) is 0 Å².